The molecule has 2 aromatic rings. The van der Waals surface area contributed by atoms with E-state index >= 15 is 0 Å². The van der Waals surface area contributed by atoms with Crippen LogP contribution in [0.3, 0.4) is 0 Å². The summed E-state index contributed by atoms with van der Waals surface area (Å²) in [5.74, 6) is -0.0707. The Labute approximate surface area is 125 Å². The number of rotatable bonds is 5. The van der Waals surface area contributed by atoms with Crippen molar-refractivity contribution in [2.45, 2.75) is 29.8 Å². The van der Waals surface area contributed by atoms with E-state index in [9.17, 15) is 4.79 Å². The van der Waals surface area contributed by atoms with Crippen LogP contribution >= 0.6 is 11.8 Å². The van der Waals surface area contributed by atoms with E-state index in [1.807, 2.05) is 6.92 Å². The van der Waals surface area contributed by atoms with Crippen LogP contribution in [-0.2, 0) is 6.42 Å². The van der Waals surface area contributed by atoms with Crippen molar-refractivity contribution in [3.63, 3.8) is 0 Å². The van der Waals surface area contributed by atoms with Crippen molar-refractivity contribution in [2.75, 3.05) is 0 Å². The number of H-pyrrole nitrogens is 1. The maximum absolute atomic E-state index is 11.6. The fraction of sp³-hybridized carbons (Fsp3) is 0.231. The second-order valence-electron chi connectivity index (χ2n) is 4.26. The van der Waals surface area contributed by atoms with Gasteiger partial charge in [0.15, 0.2) is 11.0 Å². The van der Waals surface area contributed by atoms with Crippen molar-refractivity contribution in [2.24, 2.45) is 10.9 Å². The molecule has 2 heterocycles. The van der Waals surface area contributed by atoms with Gasteiger partial charge in [0.05, 0.1) is 0 Å². The van der Waals surface area contributed by atoms with Crippen molar-refractivity contribution < 1.29 is 5.21 Å². The van der Waals surface area contributed by atoms with Crippen molar-refractivity contribution in [1.29, 1.82) is 0 Å². The molecule has 0 bridgehead atoms. The number of aromatic nitrogens is 3. The summed E-state index contributed by atoms with van der Waals surface area (Å²) < 4.78 is 0. The van der Waals surface area contributed by atoms with Gasteiger partial charge in [-0.1, -0.05) is 30.3 Å². The molecule has 0 aliphatic heterocycles. The number of nitrogens with one attached hydrogen (secondary N) is 1. The van der Waals surface area contributed by atoms with E-state index in [0.717, 1.165) is 23.4 Å². The van der Waals surface area contributed by atoms with Crippen LogP contribution in [0.2, 0.25) is 0 Å². The van der Waals surface area contributed by atoms with Crippen molar-refractivity contribution >= 4 is 17.6 Å². The molecule has 0 aromatic carbocycles. The lowest BCUT2D eigenvalue weighted by Gasteiger charge is -2.04. The van der Waals surface area contributed by atoms with Crippen LogP contribution in [0.15, 0.2) is 44.4 Å². The maximum atomic E-state index is 11.6. The molecule has 2 aromatic heterocycles. The zero-order valence-corrected chi connectivity index (χ0v) is 12.2. The number of hydrogen-bond acceptors (Lipinski definition) is 6. The van der Waals surface area contributed by atoms with Crippen LogP contribution in [0, 0.1) is 0 Å². The molecule has 8 heteroatoms. The van der Waals surface area contributed by atoms with Crippen molar-refractivity contribution in [3.05, 3.63) is 46.1 Å². The number of oxime groups is 1. The highest BCUT2D eigenvalue weighted by Gasteiger charge is 2.06. The number of aryl methyl sites for hydroxylation is 1. The van der Waals surface area contributed by atoms with E-state index in [1.54, 1.807) is 18.3 Å². The van der Waals surface area contributed by atoms with Gasteiger partial charge in [0.1, 0.15) is 5.69 Å². The van der Waals surface area contributed by atoms with E-state index in [-0.39, 0.29) is 11.4 Å². The maximum Gasteiger partial charge on any atom is 0.251 e. The standard InChI is InChI=1S/C13H15N5O2S/c1-2-3-8-6-11(19)17-13(16-8)21-9-4-5-15-10(7-9)12(14)18-20/h4-7,20H,2-3H2,1H3,(H2,14,18)(H,16,17,19). The largest absolute Gasteiger partial charge is 0.409 e. The molecule has 0 amide bonds. The molecule has 21 heavy (non-hydrogen) atoms. The number of hydrogen-bond donors (Lipinski definition) is 3. The lowest BCUT2D eigenvalue weighted by molar-refractivity contribution is 0.318. The Balaban J connectivity index is 2.28. The molecular formula is C13H15N5O2S. The van der Waals surface area contributed by atoms with E-state index < -0.39 is 0 Å². The van der Waals surface area contributed by atoms with Gasteiger partial charge in [0, 0.05) is 22.9 Å². The van der Waals surface area contributed by atoms with Gasteiger partial charge < -0.3 is 15.9 Å². The summed E-state index contributed by atoms with van der Waals surface area (Å²) in [6.07, 6.45) is 3.22. The van der Waals surface area contributed by atoms with E-state index in [0.29, 0.717) is 10.9 Å². The zero-order chi connectivity index (χ0) is 15.2. The summed E-state index contributed by atoms with van der Waals surface area (Å²) in [6, 6.07) is 4.92. The van der Waals surface area contributed by atoms with Crippen LogP contribution in [0.1, 0.15) is 24.7 Å². The van der Waals surface area contributed by atoms with Crippen LogP contribution < -0.4 is 11.3 Å². The summed E-state index contributed by atoms with van der Waals surface area (Å²) >= 11 is 1.28. The molecule has 4 N–H and O–H groups in total. The molecule has 0 unspecified atom stereocenters. The highest BCUT2D eigenvalue weighted by atomic mass is 32.2. The van der Waals surface area contributed by atoms with Crippen LogP contribution in [0.25, 0.3) is 0 Å². The molecule has 0 aliphatic rings. The Morgan fingerprint density at radius 3 is 3.05 bits per heavy atom. The first-order chi connectivity index (χ1) is 10.1. The third kappa shape index (κ3) is 4.06. The van der Waals surface area contributed by atoms with Gasteiger partial charge in [-0.25, -0.2) is 4.98 Å². The lowest BCUT2D eigenvalue weighted by Crippen LogP contribution is -2.14. The Morgan fingerprint density at radius 2 is 2.33 bits per heavy atom. The molecule has 2 rings (SSSR count). The molecule has 0 saturated carbocycles. The lowest BCUT2D eigenvalue weighted by atomic mass is 10.2. The first kappa shape index (κ1) is 15.0. The quantitative estimate of drug-likeness (QED) is 0.252. The minimum Gasteiger partial charge on any atom is -0.409 e. The summed E-state index contributed by atoms with van der Waals surface area (Å²) in [5, 5.41) is 12.1. The zero-order valence-electron chi connectivity index (χ0n) is 11.4. The highest BCUT2D eigenvalue weighted by Crippen LogP contribution is 2.24. The van der Waals surface area contributed by atoms with Gasteiger partial charge in [-0.2, -0.15) is 0 Å². The molecule has 0 aliphatic carbocycles. The summed E-state index contributed by atoms with van der Waals surface area (Å²) in [7, 11) is 0. The SMILES string of the molecule is CCCc1cc(=O)[nH]c(Sc2ccnc(C(N)=NO)c2)n1. The van der Waals surface area contributed by atoms with Gasteiger partial charge in [-0.05, 0) is 18.6 Å². The highest BCUT2D eigenvalue weighted by molar-refractivity contribution is 7.99. The van der Waals surface area contributed by atoms with Crippen molar-refractivity contribution in [1.82, 2.24) is 15.0 Å². The van der Waals surface area contributed by atoms with Gasteiger partial charge in [0.2, 0.25) is 0 Å². The number of aromatic amines is 1. The van der Waals surface area contributed by atoms with Crippen LogP contribution in [-0.4, -0.2) is 26.0 Å². The predicted molar refractivity (Wildman–Crippen MR) is 79.7 cm³/mol. The summed E-state index contributed by atoms with van der Waals surface area (Å²) in [5.41, 5.74) is 6.43. The molecule has 0 fully saturated rings. The molecule has 7 nitrogen and oxygen atoms in total. The molecule has 0 saturated heterocycles. The topological polar surface area (TPSA) is 117 Å². The Morgan fingerprint density at radius 1 is 1.52 bits per heavy atom. The first-order valence-corrected chi connectivity index (χ1v) is 7.16. The van der Waals surface area contributed by atoms with Crippen LogP contribution in [0.5, 0.6) is 0 Å². The minimum atomic E-state index is -0.179. The second kappa shape index (κ2) is 6.89. The summed E-state index contributed by atoms with van der Waals surface area (Å²) in [6.45, 7) is 2.03. The minimum absolute atomic E-state index is 0.0707. The Kier molecular flexibility index (Phi) is 4.94. The Hall–Kier alpha value is -2.35. The number of nitrogens with two attached hydrogens (primary N) is 1. The van der Waals surface area contributed by atoms with Gasteiger partial charge >= 0.3 is 0 Å². The third-order valence-corrected chi connectivity index (χ3v) is 3.47. The average molecular weight is 305 g/mol. The number of nitrogens with zero attached hydrogens (tertiary/aromatic N) is 3. The van der Waals surface area contributed by atoms with Gasteiger partial charge in [0.25, 0.3) is 5.56 Å². The Bertz CT molecular complexity index is 714. The normalized spacial score (nSPS) is 11.6. The van der Waals surface area contributed by atoms with Gasteiger partial charge in [-0.3, -0.25) is 9.78 Å². The van der Waals surface area contributed by atoms with Crippen LogP contribution in [0.4, 0.5) is 0 Å². The van der Waals surface area contributed by atoms with E-state index in [2.05, 4.69) is 20.1 Å². The fourth-order valence-electron chi connectivity index (χ4n) is 1.69. The second-order valence-corrected chi connectivity index (χ2v) is 5.32. The molecular weight excluding hydrogens is 290 g/mol. The molecule has 0 spiro atoms. The molecule has 110 valence electrons. The van der Waals surface area contributed by atoms with Crippen molar-refractivity contribution in [3.8, 4) is 0 Å². The molecule has 0 radical (unpaired) electrons. The smallest absolute Gasteiger partial charge is 0.251 e. The molecule has 0 atom stereocenters. The predicted octanol–water partition coefficient (Wildman–Crippen LogP) is 1.36. The van der Waals surface area contributed by atoms with Gasteiger partial charge in [-0.15, -0.1) is 0 Å². The number of pyridine rings is 1. The fourth-order valence-corrected chi connectivity index (χ4v) is 2.53. The number of amidine groups is 1. The monoisotopic (exact) mass is 305 g/mol. The third-order valence-electron chi connectivity index (χ3n) is 2.60. The summed E-state index contributed by atoms with van der Waals surface area (Å²) in [4.78, 5) is 23.5. The average Bonchev–Trinajstić information content (AvgIpc) is 2.46. The van der Waals surface area contributed by atoms with E-state index in [4.69, 9.17) is 10.9 Å². The van der Waals surface area contributed by atoms with E-state index in [1.165, 1.54) is 17.8 Å². The first-order valence-electron chi connectivity index (χ1n) is 6.34.